The Hall–Kier alpha value is -2.01. The molecular formula is C26H38ClN3O2. The van der Waals surface area contributed by atoms with Gasteiger partial charge in [-0.2, -0.15) is 5.10 Å². The molecule has 0 spiro atoms. The number of carbonyl (C=O) groups excluding carboxylic acids is 1. The Morgan fingerprint density at radius 1 is 1.28 bits per heavy atom. The molecule has 1 amide bonds. The number of aryl methyl sites for hydroxylation is 2. The molecule has 0 atom stereocenters. The highest BCUT2D eigenvalue weighted by molar-refractivity contribution is 6.36. The molecule has 32 heavy (non-hydrogen) atoms. The second-order valence-electron chi connectivity index (χ2n) is 9.63. The summed E-state index contributed by atoms with van der Waals surface area (Å²) in [6.45, 7) is 10.1. The molecule has 1 fully saturated rings. The lowest BCUT2D eigenvalue weighted by atomic mass is 9.83. The molecular weight excluding hydrogens is 422 g/mol. The van der Waals surface area contributed by atoms with E-state index in [1.165, 1.54) is 31.2 Å². The van der Waals surface area contributed by atoms with Crippen LogP contribution in [0.15, 0.2) is 18.2 Å². The first-order valence-electron chi connectivity index (χ1n) is 12.1. The van der Waals surface area contributed by atoms with Crippen LogP contribution in [-0.2, 0) is 13.0 Å². The molecule has 0 unspecified atom stereocenters. The average molecular weight is 460 g/mol. The number of nitrogens with one attached hydrogen (secondary N) is 1. The Morgan fingerprint density at radius 3 is 2.62 bits per heavy atom. The van der Waals surface area contributed by atoms with Gasteiger partial charge in [-0.15, -0.1) is 0 Å². The number of benzene rings is 1. The van der Waals surface area contributed by atoms with E-state index >= 15 is 0 Å². The molecule has 1 aliphatic rings. The topological polar surface area (TPSA) is 56.2 Å². The van der Waals surface area contributed by atoms with Crippen molar-refractivity contribution in [3.63, 3.8) is 0 Å². The number of halogens is 1. The maximum absolute atomic E-state index is 12.9. The summed E-state index contributed by atoms with van der Waals surface area (Å²) in [6.07, 6.45) is 6.95. The fraction of sp³-hybridized carbons (Fsp3) is 0.615. The van der Waals surface area contributed by atoms with Gasteiger partial charge in [-0.1, -0.05) is 51.3 Å². The maximum atomic E-state index is 12.9. The quantitative estimate of drug-likeness (QED) is 0.473. The minimum atomic E-state index is -0.199. The minimum absolute atomic E-state index is 0.199. The van der Waals surface area contributed by atoms with Gasteiger partial charge in [0.1, 0.15) is 5.75 Å². The lowest BCUT2D eigenvalue weighted by Crippen LogP contribution is -2.31. The first kappa shape index (κ1) is 24.6. The standard InChI is InChI=1S/C26H38ClN3O2/c1-6-30-25(21-14-13-19(10-7-17(2)3)15-22(21)32-5)23(27)24(29-30)26(31)28-16-20-11-8-18(4)9-12-20/h13-15,17-18,20H,6-12,16H2,1-5H3,(H,28,31). The molecule has 3 rings (SSSR count). The number of hydrogen-bond donors (Lipinski definition) is 1. The van der Waals surface area contributed by atoms with E-state index in [1.807, 2.05) is 13.0 Å². The molecule has 1 aliphatic carbocycles. The Kier molecular flexibility index (Phi) is 8.64. The van der Waals surface area contributed by atoms with E-state index < -0.39 is 0 Å². The molecule has 2 aromatic rings. The highest BCUT2D eigenvalue weighted by Gasteiger charge is 2.25. The molecule has 5 nitrogen and oxygen atoms in total. The van der Waals surface area contributed by atoms with Gasteiger partial charge in [0.2, 0.25) is 0 Å². The van der Waals surface area contributed by atoms with Crippen LogP contribution in [0.3, 0.4) is 0 Å². The van der Waals surface area contributed by atoms with Crippen LogP contribution in [0.1, 0.15) is 75.9 Å². The van der Waals surface area contributed by atoms with Gasteiger partial charge >= 0.3 is 0 Å². The second kappa shape index (κ2) is 11.2. The zero-order valence-electron chi connectivity index (χ0n) is 20.2. The summed E-state index contributed by atoms with van der Waals surface area (Å²) in [6, 6.07) is 6.23. The van der Waals surface area contributed by atoms with E-state index in [2.05, 4.69) is 43.3 Å². The van der Waals surface area contributed by atoms with Gasteiger partial charge in [0.15, 0.2) is 5.69 Å². The van der Waals surface area contributed by atoms with Crippen molar-refractivity contribution in [3.05, 3.63) is 34.5 Å². The average Bonchev–Trinajstić information content (AvgIpc) is 3.13. The number of rotatable bonds is 9. The van der Waals surface area contributed by atoms with Crippen molar-refractivity contribution >= 4 is 17.5 Å². The Labute approximate surface area is 197 Å². The molecule has 1 aromatic heterocycles. The van der Waals surface area contributed by atoms with Crippen molar-refractivity contribution in [1.82, 2.24) is 15.1 Å². The maximum Gasteiger partial charge on any atom is 0.273 e. The molecule has 1 saturated carbocycles. The van der Waals surface area contributed by atoms with Crippen LogP contribution >= 0.6 is 11.6 Å². The largest absolute Gasteiger partial charge is 0.496 e. The highest BCUT2D eigenvalue weighted by Crippen LogP contribution is 2.38. The van der Waals surface area contributed by atoms with Crippen molar-refractivity contribution in [3.8, 4) is 17.0 Å². The number of nitrogens with zero attached hydrogens (tertiary/aromatic N) is 2. The van der Waals surface area contributed by atoms with E-state index in [1.54, 1.807) is 11.8 Å². The van der Waals surface area contributed by atoms with Crippen molar-refractivity contribution in [2.45, 2.75) is 72.8 Å². The number of methoxy groups -OCH3 is 1. The van der Waals surface area contributed by atoms with Gasteiger partial charge in [0, 0.05) is 18.7 Å². The predicted molar refractivity (Wildman–Crippen MR) is 132 cm³/mol. The summed E-state index contributed by atoms with van der Waals surface area (Å²) in [5.41, 5.74) is 3.12. The van der Waals surface area contributed by atoms with Crippen molar-refractivity contribution in [1.29, 1.82) is 0 Å². The summed E-state index contributed by atoms with van der Waals surface area (Å²) >= 11 is 6.75. The molecule has 1 aromatic carbocycles. The Balaban J connectivity index is 1.81. The fourth-order valence-corrected chi connectivity index (χ4v) is 4.79. The molecule has 176 valence electrons. The third kappa shape index (κ3) is 5.86. The fourth-order valence-electron chi connectivity index (χ4n) is 4.47. The zero-order chi connectivity index (χ0) is 23.3. The van der Waals surface area contributed by atoms with Crippen LogP contribution in [0.2, 0.25) is 5.02 Å². The van der Waals surface area contributed by atoms with E-state index in [0.717, 1.165) is 35.8 Å². The summed E-state index contributed by atoms with van der Waals surface area (Å²) in [5.74, 6) is 2.54. The first-order chi connectivity index (χ1) is 15.3. The molecule has 6 heteroatoms. The van der Waals surface area contributed by atoms with Crippen LogP contribution in [0, 0.1) is 17.8 Å². The number of hydrogen-bond acceptors (Lipinski definition) is 3. The van der Waals surface area contributed by atoms with Crippen LogP contribution in [0.4, 0.5) is 0 Å². The van der Waals surface area contributed by atoms with Crippen molar-refractivity contribution < 1.29 is 9.53 Å². The smallest absolute Gasteiger partial charge is 0.273 e. The lowest BCUT2D eigenvalue weighted by Gasteiger charge is -2.26. The van der Waals surface area contributed by atoms with Crippen LogP contribution in [-0.4, -0.2) is 29.3 Å². The van der Waals surface area contributed by atoms with Crippen molar-refractivity contribution in [2.75, 3.05) is 13.7 Å². The normalized spacial score (nSPS) is 18.7. The number of carbonyl (C=O) groups is 1. The van der Waals surface area contributed by atoms with E-state index in [0.29, 0.717) is 35.6 Å². The highest BCUT2D eigenvalue weighted by atomic mass is 35.5. The van der Waals surface area contributed by atoms with E-state index in [9.17, 15) is 4.79 Å². The number of aromatic nitrogens is 2. The third-order valence-corrected chi connectivity index (χ3v) is 6.99. The SMILES string of the molecule is CCn1nc(C(=O)NCC2CCC(C)CC2)c(Cl)c1-c1ccc(CCC(C)C)cc1OC. The minimum Gasteiger partial charge on any atom is -0.496 e. The number of amides is 1. The van der Waals surface area contributed by atoms with Gasteiger partial charge < -0.3 is 10.1 Å². The third-order valence-electron chi connectivity index (χ3n) is 6.63. The number of ether oxygens (including phenoxy) is 1. The van der Waals surface area contributed by atoms with Gasteiger partial charge in [-0.3, -0.25) is 9.48 Å². The van der Waals surface area contributed by atoms with Gasteiger partial charge in [-0.05, 0) is 68.1 Å². The molecule has 0 aliphatic heterocycles. The van der Waals surface area contributed by atoms with E-state index in [-0.39, 0.29) is 5.91 Å². The summed E-state index contributed by atoms with van der Waals surface area (Å²) < 4.78 is 7.50. The molecule has 1 N–H and O–H groups in total. The van der Waals surface area contributed by atoms with E-state index in [4.69, 9.17) is 16.3 Å². The lowest BCUT2D eigenvalue weighted by molar-refractivity contribution is 0.0936. The van der Waals surface area contributed by atoms with Gasteiger partial charge in [0.05, 0.1) is 17.8 Å². The Morgan fingerprint density at radius 2 is 2.00 bits per heavy atom. The first-order valence-corrected chi connectivity index (χ1v) is 12.4. The summed E-state index contributed by atoms with van der Waals surface area (Å²) in [4.78, 5) is 12.9. The summed E-state index contributed by atoms with van der Waals surface area (Å²) in [7, 11) is 1.67. The van der Waals surface area contributed by atoms with Crippen LogP contribution in [0.5, 0.6) is 5.75 Å². The van der Waals surface area contributed by atoms with Gasteiger partial charge in [0.25, 0.3) is 5.91 Å². The predicted octanol–water partition coefficient (Wildman–Crippen LogP) is 6.38. The Bertz CT molecular complexity index is 914. The monoisotopic (exact) mass is 459 g/mol. The molecule has 1 heterocycles. The molecule has 0 radical (unpaired) electrons. The van der Waals surface area contributed by atoms with Crippen molar-refractivity contribution in [2.24, 2.45) is 17.8 Å². The van der Waals surface area contributed by atoms with Crippen LogP contribution in [0.25, 0.3) is 11.3 Å². The molecule has 0 bridgehead atoms. The summed E-state index contributed by atoms with van der Waals surface area (Å²) in [5, 5.41) is 8.01. The van der Waals surface area contributed by atoms with Crippen LogP contribution < -0.4 is 10.1 Å². The second-order valence-corrected chi connectivity index (χ2v) is 10.0. The van der Waals surface area contributed by atoms with Gasteiger partial charge in [-0.25, -0.2) is 0 Å². The molecule has 0 saturated heterocycles. The zero-order valence-corrected chi connectivity index (χ0v) is 21.0.